The summed E-state index contributed by atoms with van der Waals surface area (Å²) >= 11 is 0. The van der Waals surface area contributed by atoms with Crippen LogP contribution in [-0.2, 0) is 9.59 Å². The third-order valence-corrected chi connectivity index (χ3v) is 3.31. The van der Waals surface area contributed by atoms with Crippen molar-refractivity contribution < 1.29 is 23.8 Å². The van der Waals surface area contributed by atoms with Gasteiger partial charge in [0.25, 0.3) is 0 Å². The molecule has 1 heterocycles. The minimum absolute atomic E-state index is 0.0487. The number of halogens is 1. The minimum Gasteiger partial charge on any atom is -0.494 e. The predicted octanol–water partition coefficient (Wildman–Crippen LogP) is 1.14. The molecule has 0 aliphatic carbocycles. The lowest BCUT2D eigenvalue weighted by molar-refractivity contribution is -0.149. The maximum absolute atomic E-state index is 13.3. The van der Waals surface area contributed by atoms with Crippen molar-refractivity contribution in [1.29, 1.82) is 0 Å². The predicted molar refractivity (Wildman–Crippen MR) is 64.4 cm³/mol. The molecule has 102 valence electrons. The summed E-state index contributed by atoms with van der Waals surface area (Å²) < 4.78 is 18.2. The van der Waals surface area contributed by atoms with Gasteiger partial charge >= 0.3 is 5.97 Å². The van der Waals surface area contributed by atoms with Crippen molar-refractivity contribution in [2.75, 3.05) is 13.7 Å². The van der Waals surface area contributed by atoms with Crippen LogP contribution in [0.1, 0.15) is 17.9 Å². The SMILES string of the molecule is COc1cc(C2CCNC(=O)C2C(=O)O)ccc1F. The molecule has 1 amide bonds. The van der Waals surface area contributed by atoms with E-state index in [0.29, 0.717) is 18.5 Å². The number of hydrogen-bond acceptors (Lipinski definition) is 3. The van der Waals surface area contributed by atoms with Gasteiger partial charge in [0.05, 0.1) is 7.11 Å². The van der Waals surface area contributed by atoms with Crippen molar-refractivity contribution in [1.82, 2.24) is 5.32 Å². The number of carboxylic acid groups (broad SMARTS) is 1. The van der Waals surface area contributed by atoms with Gasteiger partial charge in [-0.15, -0.1) is 0 Å². The Labute approximate surface area is 109 Å². The summed E-state index contributed by atoms with van der Waals surface area (Å²) in [4.78, 5) is 22.8. The second-order valence-corrected chi connectivity index (χ2v) is 4.40. The standard InChI is InChI=1S/C13H14FNO4/c1-19-10-6-7(2-3-9(10)14)8-4-5-15-12(16)11(8)13(17)18/h2-3,6,8,11H,4-5H2,1H3,(H,15,16)(H,17,18). The average Bonchev–Trinajstić information content (AvgIpc) is 2.38. The average molecular weight is 267 g/mol. The maximum Gasteiger partial charge on any atom is 0.316 e. The van der Waals surface area contributed by atoms with Crippen molar-refractivity contribution >= 4 is 11.9 Å². The van der Waals surface area contributed by atoms with E-state index >= 15 is 0 Å². The molecule has 2 atom stereocenters. The van der Waals surface area contributed by atoms with Gasteiger partial charge in [-0.25, -0.2) is 4.39 Å². The largest absolute Gasteiger partial charge is 0.494 e. The zero-order valence-corrected chi connectivity index (χ0v) is 10.4. The highest BCUT2D eigenvalue weighted by Gasteiger charge is 2.38. The second-order valence-electron chi connectivity index (χ2n) is 4.40. The molecule has 6 heteroatoms. The lowest BCUT2D eigenvalue weighted by atomic mass is 9.80. The molecule has 1 aromatic rings. The Bertz CT molecular complexity index is 517. The van der Waals surface area contributed by atoms with Crippen molar-refractivity contribution in [2.45, 2.75) is 12.3 Å². The van der Waals surface area contributed by atoms with E-state index in [4.69, 9.17) is 9.84 Å². The van der Waals surface area contributed by atoms with Crippen LogP contribution in [0.5, 0.6) is 5.75 Å². The van der Waals surface area contributed by atoms with Crippen LogP contribution in [0, 0.1) is 11.7 Å². The normalized spacial score (nSPS) is 22.7. The fraction of sp³-hybridized carbons (Fsp3) is 0.385. The number of rotatable bonds is 3. The van der Waals surface area contributed by atoms with Gasteiger partial charge in [-0.2, -0.15) is 0 Å². The molecule has 1 aliphatic rings. The van der Waals surface area contributed by atoms with Crippen LogP contribution in [0.25, 0.3) is 0 Å². The molecule has 0 aromatic heterocycles. The van der Waals surface area contributed by atoms with Crippen LogP contribution in [0.15, 0.2) is 18.2 Å². The Hall–Kier alpha value is -2.11. The Morgan fingerprint density at radius 3 is 2.89 bits per heavy atom. The highest BCUT2D eigenvalue weighted by molar-refractivity contribution is 5.98. The Kier molecular flexibility index (Phi) is 3.69. The van der Waals surface area contributed by atoms with Gasteiger partial charge in [-0.3, -0.25) is 9.59 Å². The van der Waals surface area contributed by atoms with Gasteiger partial charge in [0.2, 0.25) is 5.91 Å². The third-order valence-electron chi connectivity index (χ3n) is 3.31. The number of carbonyl (C=O) groups excluding carboxylic acids is 1. The molecule has 1 aliphatic heterocycles. The first-order valence-electron chi connectivity index (χ1n) is 5.88. The third kappa shape index (κ3) is 2.52. The first-order valence-corrected chi connectivity index (χ1v) is 5.88. The first kappa shape index (κ1) is 13.3. The molecule has 1 fully saturated rings. The quantitative estimate of drug-likeness (QED) is 0.805. The number of nitrogens with one attached hydrogen (secondary N) is 1. The van der Waals surface area contributed by atoms with Crippen LogP contribution < -0.4 is 10.1 Å². The van der Waals surface area contributed by atoms with Gasteiger partial charge in [-0.05, 0) is 24.1 Å². The molecule has 2 unspecified atom stereocenters. The number of aliphatic carboxylic acids is 1. The number of carboxylic acids is 1. The Morgan fingerprint density at radius 2 is 2.26 bits per heavy atom. The second kappa shape index (κ2) is 5.26. The monoisotopic (exact) mass is 267 g/mol. The number of amides is 1. The zero-order valence-electron chi connectivity index (χ0n) is 10.4. The Morgan fingerprint density at radius 1 is 1.53 bits per heavy atom. The summed E-state index contributed by atoms with van der Waals surface area (Å²) in [5, 5.41) is 11.7. The highest BCUT2D eigenvalue weighted by atomic mass is 19.1. The van der Waals surface area contributed by atoms with Crippen molar-refractivity contribution in [3.63, 3.8) is 0 Å². The van der Waals surface area contributed by atoms with Crippen LogP contribution in [-0.4, -0.2) is 30.6 Å². The highest BCUT2D eigenvalue weighted by Crippen LogP contribution is 2.33. The molecule has 1 saturated heterocycles. The molecule has 0 radical (unpaired) electrons. The molecule has 19 heavy (non-hydrogen) atoms. The summed E-state index contributed by atoms with van der Waals surface area (Å²) in [6, 6.07) is 4.17. The number of piperidine rings is 1. The van der Waals surface area contributed by atoms with E-state index in [1.807, 2.05) is 0 Å². The summed E-state index contributed by atoms with van der Waals surface area (Å²) in [5.41, 5.74) is 0.598. The molecule has 5 nitrogen and oxygen atoms in total. The van der Waals surface area contributed by atoms with E-state index in [0.717, 1.165) is 0 Å². The topological polar surface area (TPSA) is 75.6 Å². The maximum atomic E-state index is 13.3. The smallest absolute Gasteiger partial charge is 0.316 e. The molecule has 0 saturated carbocycles. The van der Waals surface area contributed by atoms with Crippen molar-refractivity contribution in [3.05, 3.63) is 29.6 Å². The fourth-order valence-electron chi connectivity index (χ4n) is 2.36. The fourth-order valence-corrected chi connectivity index (χ4v) is 2.36. The zero-order chi connectivity index (χ0) is 14.0. The lowest BCUT2D eigenvalue weighted by Crippen LogP contribution is -2.44. The summed E-state index contributed by atoms with van der Waals surface area (Å²) in [5.74, 6) is -3.77. The van der Waals surface area contributed by atoms with E-state index in [2.05, 4.69) is 5.32 Å². The number of hydrogen-bond donors (Lipinski definition) is 2. The van der Waals surface area contributed by atoms with Crippen molar-refractivity contribution in [3.8, 4) is 5.75 Å². The van der Waals surface area contributed by atoms with E-state index in [-0.39, 0.29) is 5.75 Å². The number of benzene rings is 1. The summed E-state index contributed by atoms with van der Waals surface area (Å²) in [6.45, 7) is 0.410. The van der Waals surface area contributed by atoms with Gasteiger partial charge in [0.1, 0.15) is 5.92 Å². The van der Waals surface area contributed by atoms with Gasteiger partial charge in [0, 0.05) is 12.5 Å². The van der Waals surface area contributed by atoms with E-state index in [1.165, 1.54) is 25.3 Å². The van der Waals surface area contributed by atoms with E-state index in [1.54, 1.807) is 0 Å². The molecule has 0 bridgehead atoms. The van der Waals surface area contributed by atoms with E-state index < -0.39 is 29.5 Å². The molecule has 1 aromatic carbocycles. The summed E-state index contributed by atoms with van der Waals surface area (Å²) in [7, 11) is 1.34. The Balaban J connectivity index is 2.38. The number of ether oxygens (including phenoxy) is 1. The van der Waals surface area contributed by atoms with Gasteiger partial charge < -0.3 is 15.2 Å². The molecular formula is C13H14FNO4. The van der Waals surface area contributed by atoms with Gasteiger partial charge in [-0.1, -0.05) is 6.07 Å². The lowest BCUT2D eigenvalue weighted by Gasteiger charge is -2.28. The number of carbonyl (C=O) groups is 2. The molecule has 2 N–H and O–H groups in total. The first-order chi connectivity index (χ1) is 9.04. The minimum atomic E-state index is -1.18. The van der Waals surface area contributed by atoms with Crippen LogP contribution >= 0.6 is 0 Å². The van der Waals surface area contributed by atoms with Crippen LogP contribution in [0.4, 0.5) is 4.39 Å². The van der Waals surface area contributed by atoms with Crippen molar-refractivity contribution in [2.24, 2.45) is 5.92 Å². The molecule has 2 rings (SSSR count). The molecule has 0 spiro atoms. The van der Waals surface area contributed by atoms with Gasteiger partial charge in [0.15, 0.2) is 11.6 Å². The molecular weight excluding hydrogens is 253 g/mol. The van der Waals surface area contributed by atoms with Crippen LogP contribution in [0.2, 0.25) is 0 Å². The van der Waals surface area contributed by atoms with E-state index in [9.17, 15) is 14.0 Å². The summed E-state index contributed by atoms with van der Waals surface area (Å²) in [6.07, 6.45) is 0.498. The number of methoxy groups -OCH3 is 1. The van der Waals surface area contributed by atoms with Crippen LogP contribution in [0.3, 0.4) is 0 Å².